The Morgan fingerprint density at radius 3 is 2.96 bits per heavy atom. The summed E-state index contributed by atoms with van der Waals surface area (Å²) in [5, 5.41) is 26.5. The predicted octanol–water partition coefficient (Wildman–Crippen LogP) is 1.16. The fourth-order valence-corrected chi connectivity index (χ4v) is 3.71. The van der Waals surface area contributed by atoms with Gasteiger partial charge >= 0.3 is 0 Å². The highest BCUT2D eigenvalue weighted by Gasteiger charge is 2.40. The van der Waals surface area contributed by atoms with E-state index in [1.165, 1.54) is 18.5 Å². The summed E-state index contributed by atoms with van der Waals surface area (Å²) < 4.78 is 15.3. The van der Waals surface area contributed by atoms with Crippen molar-refractivity contribution < 1.29 is 14.6 Å². The van der Waals surface area contributed by atoms with Crippen molar-refractivity contribution in [3.63, 3.8) is 0 Å². The van der Waals surface area contributed by atoms with Crippen molar-refractivity contribution in [2.75, 3.05) is 0 Å². The minimum absolute atomic E-state index is 0.209. The second kappa shape index (κ2) is 5.81. The lowest BCUT2D eigenvalue weighted by Crippen LogP contribution is -2.53. The van der Waals surface area contributed by atoms with E-state index in [0.29, 0.717) is 34.1 Å². The standard InChI is InChI=1S/C18H17FN6O2/c19-8-1-2-12-9(3-8)10(6-22-12)17(27)16-11-5-21-7-23-18(11)25(24-16)13-4-14(26)15(13)20/h1-3,5-7,13-15,17,22,26-27H,4,20H2. The molecule has 0 aliphatic heterocycles. The van der Waals surface area contributed by atoms with Crippen molar-refractivity contribution >= 4 is 21.9 Å². The second-order valence-electron chi connectivity index (χ2n) is 6.87. The highest BCUT2D eigenvalue weighted by Crippen LogP contribution is 2.37. The number of hydrogen-bond acceptors (Lipinski definition) is 6. The van der Waals surface area contributed by atoms with Crippen molar-refractivity contribution in [2.45, 2.75) is 30.7 Å². The van der Waals surface area contributed by atoms with Crippen molar-refractivity contribution in [2.24, 2.45) is 5.73 Å². The Morgan fingerprint density at radius 2 is 2.19 bits per heavy atom. The van der Waals surface area contributed by atoms with Crippen LogP contribution in [0.1, 0.15) is 29.8 Å². The molecule has 4 atom stereocenters. The summed E-state index contributed by atoms with van der Waals surface area (Å²) in [5.41, 5.74) is 8.13. The number of aliphatic hydroxyl groups is 2. The predicted molar refractivity (Wildman–Crippen MR) is 95.3 cm³/mol. The Morgan fingerprint density at radius 1 is 1.33 bits per heavy atom. The quantitative estimate of drug-likeness (QED) is 0.430. The van der Waals surface area contributed by atoms with Gasteiger partial charge in [0.1, 0.15) is 23.9 Å². The molecule has 0 radical (unpaired) electrons. The van der Waals surface area contributed by atoms with Crippen LogP contribution in [0.5, 0.6) is 0 Å². The summed E-state index contributed by atoms with van der Waals surface area (Å²) in [7, 11) is 0. The van der Waals surface area contributed by atoms with Gasteiger partial charge < -0.3 is 20.9 Å². The molecule has 4 aromatic rings. The van der Waals surface area contributed by atoms with E-state index >= 15 is 0 Å². The number of benzene rings is 1. The van der Waals surface area contributed by atoms with Gasteiger partial charge in [-0.2, -0.15) is 5.10 Å². The van der Waals surface area contributed by atoms with Gasteiger partial charge in [0.05, 0.1) is 23.6 Å². The lowest BCUT2D eigenvalue weighted by atomic mass is 9.84. The number of aromatic nitrogens is 5. The topological polar surface area (TPSA) is 126 Å². The monoisotopic (exact) mass is 368 g/mol. The maximum Gasteiger partial charge on any atom is 0.161 e. The fraction of sp³-hybridized carbons (Fsp3) is 0.278. The van der Waals surface area contributed by atoms with Crippen LogP contribution in [0.4, 0.5) is 4.39 Å². The number of nitrogens with zero attached hydrogens (tertiary/aromatic N) is 4. The Hall–Kier alpha value is -2.88. The summed E-state index contributed by atoms with van der Waals surface area (Å²) in [5.74, 6) is -0.385. The van der Waals surface area contributed by atoms with Crippen LogP contribution in [0.3, 0.4) is 0 Å². The average molecular weight is 368 g/mol. The number of nitrogens with one attached hydrogen (secondary N) is 1. The minimum atomic E-state index is -1.10. The largest absolute Gasteiger partial charge is 0.391 e. The maximum atomic E-state index is 13.7. The fourth-order valence-electron chi connectivity index (χ4n) is 3.71. The summed E-state index contributed by atoms with van der Waals surface area (Å²) in [4.78, 5) is 11.4. The molecule has 138 valence electrons. The molecule has 0 spiro atoms. The number of hydrogen-bond donors (Lipinski definition) is 4. The first-order valence-electron chi connectivity index (χ1n) is 8.61. The van der Waals surface area contributed by atoms with Crippen molar-refractivity contribution in [1.82, 2.24) is 24.7 Å². The molecule has 3 heterocycles. The van der Waals surface area contributed by atoms with Gasteiger partial charge in [-0.3, -0.25) is 0 Å². The van der Waals surface area contributed by atoms with Crippen molar-refractivity contribution in [3.05, 3.63) is 54.0 Å². The van der Waals surface area contributed by atoms with E-state index in [0.717, 1.165) is 5.52 Å². The van der Waals surface area contributed by atoms with Gasteiger partial charge in [-0.05, 0) is 24.6 Å². The molecule has 0 saturated heterocycles. The molecule has 27 heavy (non-hydrogen) atoms. The number of nitrogens with two attached hydrogens (primary N) is 1. The molecule has 8 nitrogen and oxygen atoms in total. The van der Waals surface area contributed by atoms with Crippen LogP contribution in [0.2, 0.25) is 0 Å². The number of H-pyrrole nitrogens is 1. The van der Waals surface area contributed by atoms with Gasteiger partial charge in [-0.25, -0.2) is 19.0 Å². The molecular weight excluding hydrogens is 351 g/mol. The zero-order valence-corrected chi connectivity index (χ0v) is 14.1. The molecule has 5 rings (SSSR count). The Labute approximate surface area is 152 Å². The number of fused-ring (bicyclic) bond motifs is 2. The highest BCUT2D eigenvalue weighted by atomic mass is 19.1. The van der Waals surface area contributed by atoms with E-state index in [-0.39, 0.29) is 11.9 Å². The van der Waals surface area contributed by atoms with E-state index in [2.05, 4.69) is 20.1 Å². The van der Waals surface area contributed by atoms with E-state index in [1.807, 2.05) is 0 Å². The normalized spacial score (nSPS) is 23.6. The van der Waals surface area contributed by atoms with E-state index in [1.54, 1.807) is 23.1 Å². The van der Waals surface area contributed by atoms with E-state index < -0.39 is 18.2 Å². The van der Waals surface area contributed by atoms with Gasteiger partial charge in [0.2, 0.25) is 0 Å². The Bertz CT molecular complexity index is 1160. The van der Waals surface area contributed by atoms with E-state index in [9.17, 15) is 14.6 Å². The third kappa shape index (κ3) is 2.36. The van der Waals surface area contributed by atoms with E-state index in [4.69, 9.17) is 5.73 Å². The molecule has 3 aromatic heterocycles. The number of aliphatic hydroxyl groups excluding tert-OH is 2. The first kappa shape index (κ1) is 16.3. The summed E-state index contributed by atoms with van der Waals surface area (Å²) in [6.07, 6.45) is 3.41. The third-order valence-electron chi connectivity index (χ3n) is 5.31. The average Bonchev–Trinajstić information content (AvgIpc) is 3.26. The molecule has 1 aliphatic rings. The summed E-state index contributed by atoms with van der Waals surface area (Å²) >= 11 is 0. The molecule has 4 unspecified atom stereocenters. The lowest BCUT2D eigenvalue weighted by molar-refractivity contribution is 0.0179. The van der Waals surface area contributed by atoms with Crippen LogP contribution in [-0.4, -0.2) is 47.1 Å². The highest BCUT2D eigenvalue weighted by molar-refractivity contribution is 5.85. The zero-order valence-electron chi connectivity index (χ0n) is 14.1. The number of rotatable bonds is 3. The molecule has 1 aliphatic carbocycles. The third-order valence-corrected chi connectivity index (χ3v) is 5.31. The van der Waals surface area contributed by atoms with Crippen LogP contribution < -0.4 is 5.73 Å². The molecular formula is C18H17FN6O2. The van der Waals surface area contributed by atoms with Gasteiger partial charge in [0.15, 0.2) is 5.65 Å². The van der Waals surface area contributed by atoms with Gasteiger partial charge in [0, 0.05) is 28.9 Å². The Kier molecular flexibility index (Phi) is 3.51. The molecule has 1 saturated carbocycles. The molecule has 0 amide bonds. The van der Waals surface area contributed by atoms with Gasteiger partial charge in [-0.1, -0.05) is 0 Å². The number of halogens is 1. The molecule has 1 aromatic carbocycles. The SMILES string of the molecule is NC1C(O)CC1n1nc(C(O)c2c[nH]c3ccc(F)cc23)c2cncnc21. The van der Waals surface area contributed by atoms with Gasteiger partial charge in [-0.15, -0.1) is 0 Å². The van der Waals surface area contributed by atoms with Crippen LogP contribution >= 0.6 is 0 Å². The number of aromatic amines is 1. The van der Waals surface area contributed by atoms with Crippen LogP contribution in [0.25, 0.3) is 21.9 Å². The lowest BCUT2D eigenvalue weighted by Gasteiger charge is -2.38. The second-order valence-corrected chi connectivity index (χ2v) is 6.87. The van der Waals surface area contributed by atoms with Crippen LogP contribution in [0, 0.1) is 5.82 Å². The minimum Gasteiger partial charge on any atom is -0.391 e. The van der Waals surface area contributed by atoms with Crippen LogP contribution in [0.15, 0.2) is 36.9 Å². The maximum absolute atomic E-state index is 13.7. The first-order valence-corrected chi connectivity index (χ1v) is 8.61. The molecule has 9 heteroatoms. The van der Waals surface area contributed by atoms with Gasteiger partial charge in [0.25, 0.3) is 0 Å². The smallest absolute Gasteiger partial charge is 0.161 e. The van der Waals surface area contributed by atoms with Crippen molar-refractivity contribution in [1.29, 1.82) is 0 Å². The summed E-state index contributed by atoms with van der Waals surface area (Å²) in [6, 6.07) is 3.69. The van der Waals surface area contributed by atoms with Crippen molar-refractivity contribution in [3.8, 4) is 0 Å². The molecule has 5 N–H and O–H groups in total. The van der Waals surface area contributed by atoms with Crippen LogP contribution in [-0.2, 0) is 0 Å². The molecule has 0 bridgehead atoms. The zero-order chi connectivity index (χ0) is 18.7. The molecule has 1 fully saturated rings. The first-order chi connectivity index (χ1) is 13.0. The summed E-state index contributed by atoms with van der Waals surface area (Å²) in [6.45, 7) is 0. The Balaban J connectivity index is 1.65.